The number of methoxy groups -OCH3 is 1. The second kappa shape index (κ2) is 15.6. The molecule has 3 atom stereocenters. The van der Waals surface area contributed by atoms with Crippen LogP contribution in [0, 0.1) is 0 Å². The fourth-order valence-corrected chi connectivity index (χ4v) is 6.33. The predicted molar refractivity (Wildman–Crippen MR) is 181 cm³/mol. The molecule has 0 aliphatic carbocycles. The average Bonchev–Trinajstić information content (AvgIpc) is 3.21. The van der Waals surface area contributed by atoms with E-state index in [0.29, 0.717) is 68.4 Å². The Morgan fingerprint density at radius 2 is 1.77 bits per heavy atom. The number of aromatic hydroxyl groups is 2. The number of anilines is 1. The fourth-order valence-electron chi connectivity index (χ4n) is 6.33. The molecule has 2 heterocycles. The van der Waals surface area contributed by atoms with Gasteiger partial charge in [0.15, 0.2) is 0 Å². The molecule has 4 N–H and O–H groups in total. The summed E-state index contributed by atoms with van der Waals surface area (Å²) in [5.74, 6) is -2.59. The van der Waals surface area contributed by atoms with Crippen molar-refractivity contribution in [2.45, 2.75) is 82.8 Å². The summed E-state index contributed by atoms with van der Waals surface area (Å²) in [5, 5.41) is 29.0. The van der Waals surface area contributed by atoms with Gasteiger partial charge in [-0.05, 0) is 86.4 Å². The molecule has 10 heteroatoms. The molecule has 0 aromatic heterocycles. The van der Waals surface area contributed by atoms with Gasteiger partial charge in [0.1, 0.15) is 34.6 Å². The molecular weight excluding hydrogens is 612 g/mol. The molecule has 2 amide bonds. The van der Waals surface area contributed by atoms with Gasteiger partial charge in [0.25, 0.3) is 0 Å². The highest BCUT2D eigenvalue weighted by Crippen LogP contribution is 2.44. The Labute approximate surface area is 280 Å². The van der Waals surface area contributed by atoms with E-state index in [1.54, 1.807) is 43.3 Å². The second-order valence-corrected chi connectivity index (χ2v) is 12.4. The topological polar surface area (TPSA) is 151 Å². The number of phenols is 2. The monoisotopic (exact) mass is 654 g/mol. The Bertz CT molecular complexity index is 1700. The zero-order chi connectivity index (χ0) is 34.2. The van der Waals surface area contributed by atoms with Crippen LogP contribution in [0.25, 0.3) is 6.08 Å². The van der Waals surface area contributed by atoms with Crippen molar-refractivity contribution in [2.24, 2.45) is 0 Å². The van der Waals surface area contributed by atoms with Crippen molar-refractivity contribution < 1.29 is 38.9 Å². The average molecular weight is 655 g/mol. The first-order valence-corrected chi connectivity index (χ1v) is 16.4. The summed E-state index contributed by atoms with van der Waals surface area (Å²) in [6.45, 7) is 1.73. The Morgan fingerprint density at radius 1 is 1.02 bits per heavy atom. The maximum Gasteiger partial charge on any atom is 0.342 e. The summed E-state index contributed by atoms with van der Waals surface area (Å²) in [7, 11) is 1.53. The number of phenolic OH excluding ortho intramolecular Hbond substituents is 2. The lowest BCUT2D eigenvalue weighted by Gasteiger charge is -2.24. The number of hydrogen-bond donors (Lipinski definition) is 4. The number of aryl methyl sites for hydroxylation is 1. The Kier molecular flexibility index (Phi) is 11.2. The molecule has 0 spiro atoms. The van der Waals surface area contributed by atoms with Crippen molar-refractivity contribution in [3.8, 4) is 17.2 Å². The number of carbonyl (C=O) groups is 4. The molecule has 0 fully saturated rings. The smallest absolute Gasteiger partial charge is 0.342 e. The Balaban J connectivity index is 1.50. The number of ketones is 1. The minimum Gasteiger partial charge on any atom is -0.507 e. The summed E-state index contributed by atoms with van der Waals surface area (Å²) in [4.78, 5) is 52.5. The third kappa shape index (κ3) is 8.23. The first-order valence-electron chi connectivity index (χ1n) is 16.4. The number of esters is 1. The van der Waals surface area contributed by atoms with Crippen LogP contribution in [-0.2, 0) is 25.5 Å². The summed E-state index contributed by atoms with van der Waals surface area (Å²) in [6.07, 6.45) is 6.71. The molecule has 0 bridgehead atoms. The van der Waals surface area contributed by atoms with Crippen molar-refractivity contribution in [1.29, 1.82) is 0 Å². The van der Waals surface area contributed by atoms with E-state index >= 15 is 0 Å². The van der Waals surface area contributed by atoms with Gasteiger partial charge in [0.05, 0.1) is 13.2 Å². The van der Waals surface area contributed by atoms with Crippen LogP contribution in [0.2, 0.25) is 0 Å². The number of allylic oxidation sites excluding steroid dienone is 1. The number of cyclic esters (lactones) is 1. The van der Waals surface area contributed by atoms with Gasteiger partial charge in [0, 0.05) is 36.4 Å². The summed E-state index contributed by atoms with van der Waals surface area (Å²) >= 11 is 0. The number of ether oxygens (including phenoxy) is 2. The van der Waals surface area contributed by atoms with Crippen LogP contribution in [0.4, 0.5) is 5.69 Å². The predicted octanol–water partition coefficient (Wildman–Crippen LogP) is 6.18. The number of amides is 2. The Morgan fingerprint density at radius 3 is 2.54 bits per heavy atom. The van der Waals surface area contributed by atoms with Crippen molar-refractivity contribution in [3.63, 3.8) is 0 Å². The number of nitrogens with one attached hydrogen (secondary N) is 2. The van der Waals surface area contributed by atoms with Gasteiger partial charge in [-0.2, -0.15) is 0 Å². The zero-order valence-corrected chi connectivity index (χ0v) is 27.3. The van der Waals surface area contributed by atoms with Crippen molar-refractivity contribution in [3.05, 3.63) is 88.5 Å². The molecule has 252 valence electrons. The Hall–Kier alpha value is -5.12. The molecule has 2 aliphatic rings. The van der Waals surface area contributed by atoms with E-state index in [2.05, 4.69) is 10.6 Å². The maximum absolute atomic E-state index is 13.7. The van der Waals surface area contributed by atoms with E-state index in [0.717, 1.165) is 5.56 Å². The van der Waals surface area contributed by atoms with Gasteiger partial charge in [-0.1, -0.05) is 42.5 Å². The maximum atomic E-state index is 13.7. The van der Waals surface area contributed by atoms with Gasteiger partial charge in [-0.25, -0.2) is 4.79 Å². The van der Waals surface area contributed by atoms with Crippen LogP contribution in [-0.4, -0.2) is 53.0 Å². The molecule has 5 rings (SSSR count). The van der Waals surface area contributed by atoms with E-state index in [-0.39, 0.29) is 40.6 Å². The molecule has 48 heavy (non-hydrogen) atoms. The highest BCUT2D eigenvalue weighted by molar-refractivity contribution is 5.99. The van der Waals surface area contributed by atoms with E-state index in [1.807, 2.05) is 24.3 Å². The first kappa shape index (κ1) is 34.2. The van der Waals surface area contributed by atoms with Gasteiger partial charge in [0.2, 0.25) is 11.8 Å². The lowest BCUT2D eigenvalue weighted by molar-refractivity contribution is -0.126. The lowest BCUT2D eigenvalue weighted by Crippen LogP contribution is -2.43. The quantitative estimate of drug-likeness (QED) is 0.230. The van der Waals surface area contributed by atoms with Crippen LogP contribution in [0.5, 0.6) is 17.2 Å². The van der Waals surface area contributed by atoms with Gasteiger partial charge >= 0.3 is 5.97 Å². The van der Waals surface area contributed by atoms with Crippen LogP contribution in [0.1, 0.15) is 96.8 Å². The molecule has 2 unspecified atom stereocenters. The zero-order valence-electron chi connectivity index (χ0n) is 27.3. The minimum absolute atomic E-state index is 0.0171. The highest BCUT2D eigenvalue weighted by atomic mass is 16.5. The first-order chi connectivity index (χ1) is 23.1. The van der Waals surface area contributed by atoms with Crippen LogP contribution < -0.4 is 15.4 Å². The standard InChI is InChI=1S/C38H42N2O8/c1-23-9-8-13-27(41)12-5-3-4-11-26-21-32(42)35(36(44)34(26)38(46)48-23)29(24-15-18-28(47-2)19-16-24)22-33(43)39-31-20-17-25-10-6-7-14-30(25)40-37(31)45/h4,6-7,10-11,14-16,18-19,21,23,29,31,42,44H,3,5,8-9,12-13,17,20,22H2,1-2H3,(H,39,43)(H,40,45)/b11-4+/t23-,29?,31?/m0/s1. The third-order valence-electron chi connectivity index (χ3n) is 8.94. The van der Waals surface area contributed by atoms with Crippen molar-refractivity contribution in [2.75, 3.05) is 12.4 Å². The number of benzene rings is 3. The largest absolute Gasteiger partial charge is 0.507 e. The second-order valence-electron chi connectivity index (χ2n) is 12.4. The number of rotatable bonds is 6. The molecular formula is C38H42N2O8. The van der Waals surface area contributed by atoms with E-state index < -0.39 is 35.7 Å². The summed E-state index contributed by atoms with van der Waals surface area (Å²) < 4.78 is 11.0. The van der Waals surface area contributed by atoms with Crippen LogP contribution in [0.3, 0.4) is 0 Å². The number of para-hydroxylation sites is 1. The fraction of sp³-hybridized carbons (Fsp3) is 0.368. The molecule has 2 aliphatic heterocycles. The minimum atomic E-state index is -0.916. The van der Waals surface area contributed by atoms with Crippen molar-refractivity contribution >= 4 is 35.3 Å². The lowest BCUT2D eigenvalue weighted by atomic mass is 9.84. The number of carbonyl (C=O) groups excluding carboxylic acids is 4. The molecule has 10 nitrogen and oxygen atoms in total. The van der Waals surface area contributed by atoms with Crippen LogP contribution in [0.15, 0.2) is 60.7 Å². The summed E-state index contributed by atoms with van der Waals surface area (Å²) in [6, 6.07) is 14.9. The molecule has 3 aromatic rings. The molecule has 0 radical (unpaired) electrons. The van der Waals surface area contributed by atoms with Gasteiger partial charge in [-0.15, -0.1) is 0 Å². The SMILES string of the molecule is COc1ccc(C(CC(=O)NC2CCc3ccccc3NC2=O)c2c(O)cc3c(c2O)C(=O)O[C@@H](C)CCCC(=O)CCC/C=C/3)cc1. The van der Waals surface area contributed by atoms with E-state index in [4.69, 9.17) is 9.47 Å². The van der Waals surface area contributed by atoms with E-state index in [9.17, 15) is 29.4 Å². The normalized spacial score (nSPS) is 20.1. The van der Waals surface area contributed by atoms with Gasteiger partial charge in [-0.3, -0.25) is 14.4 Å². The van der Waals surface area contributed by atoms with Crippen molar-refractivity contribution in [1.82, 2.24) is 5.32 Å². The number of hydrogen-bond acceptors (Lipinski definition) is 8. The van der Waals surface area contributed by atoms with E-state index in [1.165, 1.54) is 13.2 Å². The van der Waals surface area contributed by atoms with Crippen LogP contribution >= 0.6 is 0 Å². The third-order valence-corrected chi connectivity index (χ3v) is 8.94. The van der Waals surface area contributed by atoms with Gasteiger partial charge < -0.3 is 30.3 Å². The number of Topliss-reactive ketones (excluding diaryl/α,β-unsaturated/α-hetero) is 1. The molecule has 0 saturated carbocycles. The molecule has 0 saturated heterocycles. The molecule has 3 aromatic carbocycles. The highest BCUT2D eigenvalue weighted by Gasteiger charge is 2.32. The summed E-state index contributed by atoms with van der Waals surface area (Å²) in [5.41, 5.74) is 2.36. The number of fused-ring (bicyclic) bond motifs is 2.